The number of hydrogen-bond acceptors (Lipinski definition) is 2. The monoisotopic (exact) mass is 278 g/mol. The van der Waals surface area contributed by atoms with Crippen molar-refractivity contribution in [2.45, 2.75) is 91.6 Å². The molecule has 2 heterocycles. The van der Waals surface area contributed by atoms with Crippen molar-refractivity contribution >= 4 is 0 Å². The molecule has 0 unspecified atom stereocenters. The lowest BCUT2D eigenvalue weighted by molar-refractivity contribution is -0.0474. The number of rotatable bonds is 2. The average molecular weight is 278 g/mol. The standard InChI is InChI=1S/C18H34N2/c1-9(2)19-13(7)11(5)15-16-12(6)14(8)20(10(3)4)18(16)17(15)19/h9-18H,1-8H3/t11-,12+,13+,14-,15+,16-,17+,18-. The van der Waals surface area contributed by atoms with Crippen LogP contribution in [0, 0.1) is 23.7 Å². The predicted molar refractivity (Wildman–Crippen MR) is 85.8 cm³/mol. The van der Waals surface area contributed by atoms with Gasteiger partial charge < -0.3 is 0 Å². The molecular formula is C18H34N2. The molecule has 3 rings (SSSR count). The third-order valence-corrected chi connectivity index (χ3v) is 7.14. The van der Waals surface area contributed by atoms with Crippen LogP contribution in [-0.2, 0) is 0 Å². The fraction of sp³-hybridized carbons (Fsp3) is 1.00. The largest absolute Gasteiger partial charge is 0.293 e. The third-order valence-electron chi connectivity index (χ3n) is 7.14. The van der Waals surface area contributed by atoms with Crippen molar-refractivity contribution in [1.29, 1.82) is 0 Å². The maximum Gasteiger partial charge on any atom is 0.0295 e. The highest BCUT2D eigenvalue weighted by atomic mass is 15.4. The van der Waals surface area contributed by atoms with Gasteiger partial charge in [0.15, 0.2) is 0 Å². The van der Waals surface area contributed by atoms with E-state index in [-0.39, 0.29) is 0 Å². The second kappa shape index (κ2) is 4.71. The van der Waals surface area contributed by atoms with E-state index < -0.39 is 0 Å². The van der Waals surface area contributed by atoms with Gasteiger partial charge in [-0.25, -0.2) is 0 Å². The minimum absolute atomic E-state index is 0.684. The van der Waals surface area contributed by atoms with Crippen LogP contribution in [-0.4, -0.2) is 46.1 Å². The summed E-state index contributed by atoms with van der Waals surface area (Å²) >= 11 is 0. The fourth-order valence-corrected chi connectivity index (χ4v) is 6.20. The van der Waals surface area contributed by atoms with Gasteiger partial charge in [-0.15, -0.1) is 0 Å². The van der Waals surface area contributed by atoms with E-state index in [0.29, 0.717) is 12.1 Å². The van der Waals surface area contributed by atoms with Crippen molar-refractivity contribution < 1.29 is 0 Å². The lowest BCUT2D eigenvalue weighted by Gasteiger charge is -2.54. The Morgan fingerprint density at radius 1 is 0.600 bits per heavy atom. The summed E-state index contributed by atoms with van der Waals surface area (Å²) in [6.07, 6.45) is 0. The highest BCUT2D eigenvalue weighted by molar-refractivity contribution is 5.21. The van der Waals surface area contributed by atoms with Gasteiger partial charge in [-0.05, 0) is 65.2 Å². The van der Waals surface area contributed by atoms with Crippen LogP contribution < -0.4 is 0 Å². The quantitative estimate of drug-likeness (QED) is 0.763. The third kappa shape index (κ3) is 1.64. The Hall–Kier alpha value is -0.0800. The van der Waals surface area contributed by atoms with E-state index in [2.05, 4.69) is 65.2 Å². The Kier molecular flexibility index (Phi) is 3.49. The van der Waals surface area contributed by atoms with E-state index in [4.69, 9.17) is 0 Å². The van der Waals surface area contributed by atoms with Crippen molar-refractivity contribution in [3.8, 4) is 0 Å². The Labute approximate surface area is 125 Å². The second-order valence-corrected chi connectivity index (χ2v) is 8.42. The molecule has 0 aromatic carbocycles. The molecule has 8 atom stereocenters. The van der Waals surface area contributed by atoms with Gasteiger partial charge in [-0.1, -0.05) is 13.8 Å². The summed E-state index contributed by atoms with van der Waals surface area (Å²) in [6.45, 7) is 19.5. The van der Waals surface area contributed by atoms with Gasteiger partial charge in [0.2, 0.25) is 0 Å². The van der Waals surface area contributed by atoms with Crippen LogP contribution in [0.4, 0.5) is 0 Å². The molecule has 1 saturated carbocycles. The molecule has 0 aromatic rings. The van der Waals surface area contributed by atoms with Gasteiger partial charge in [0, 0.05) is 36.3 Å². The first-order chi connectivity index (χ1) is 9.29. The molecule has 2 heteroatoms. The predicted octanol–water partition coefficient (Wildman–Crippen LogP) is 3.47. The maximum atomic E-state index is 2.84. The first kappa shape index (κ1) is 14.8. The molecule has 2 saturated heterocycles. The van der Waals surface area contributed by atoms with Crippen molar-refractivity contribution in [2.75, 3.05) is 0 Å². The van der Waals surface area contributed by atoms with Gasteiger partial charge in [-0.3, -0.25) is 9.80 Å². The summed E-state index contributed by atoms with van der Waals surface area (Å²) in [5.74, 6) is 3.62. The van der Waals surface area contributed by atoms with E-state index in [0.717, 1.165) is 47.8 Å². The summed E-state index contributed by atoms with van der Waals surface area (Å²) in [5, 5.41) is 0. The molecule has 0 spiro atoms. The van der Waals surface area contributed by atoms with E-state index in [1.807, 2.05) is 0 Å². The number of hydrogen-bond donors (Lipinski definition) is 0. The van der Waals surface area contributed by atoms with Crippen molar-refractivity contribution in [3.05, 3.63) is 0 Å². The normalized spacial score (nSPS) is 52.5. The van der Waals surface area contributed by atoms with Crippen molar-refractivity contribution in [3.63, 3.8) is 0 Å². The Morgan fingerprint density at radius 3 is 1.15 bits per heavy atom. The zero-order chi connectivity index (χ0) is 14.9. The van der Waals surface area contributed by atoms with Crippen LogP contribution in [0.2, 0.25) is 0 Å². The number of likely N-dealkylation sites (tertiary alicyclic amines) is 2. The maximum absolute atomic E-state index is 2.84. The number of fused-ring (bicyclic) bond motifs is 4. The van der Waals surface area contributed by atoms with Crippen molar-refractivity contribution in [2.24, 2.45) is 23.7 Å². The second-order valence-electron chi connectivity index (χ2n) is 8.42. The molecule has 2 aliphatic heterocycles. The minimum atomic E-state index is 0.684. The Balaban J connectivity index is 1.94. The first-order valence-corrected chi connectivity index (χ1v) is 8.83. The minimum Gasteiger partial charge on any atom is -0.293 e. The van der Waals surface area contributed by atoms with Crippen LogP contribution in [0.25, 0.3) is 0 Å². The zero-order valence-electron chi connectivity index (χ0n) is 14.7. The van der Waals surface area contributed by atoms with E-state index in [9.17, 15) is 0 Å². The van der Waals surface area contributed by atoms with E-state index in [1.165, 1.54) is 0 Å². The molecule has 0 bridgehead atoms. The molecule has 116 valence electrons. The smallest absolute Gasteiger partial charge is 0.0295 e. The van der Waals surface area contributed by atoms with E-state index >= 15 is 0 Å². The molecule has 2 nitrogen and oxygen atoms in total. The molecule has 3 aliphatic rings. The molecule has 0 N–H and O–H groups in total. The van der Waals surface area contributed by atoms with E-state index in [1.54, 1.807) is 0 Å². The topological polar surface area (TPSA) is 6.48 Å². The van der Waals surface area contributed by atoms with Crippen LogP contribution in [0.15, 0.2) is 0 Å². The van der Waals surface area contributed by atoms with Crippen LogP contribution in [0.1, 0.15) is 55.4 Å². The molecule has 3 fully saturated rings. The summed E-state index contributed by atoms with van der Waals surface area (Å²) in [7, 11) is 0. The molecular weight excluding hydrogens is 244 g/mol. The molecule has 20 heavy (non-hydrogen) atoms. The molecule has 0 radical (unpaired) electrons. The first-order valence-electron chi connectivity index (χ1n) is 8.83. The summed E-state index contributed by atoms with van der Waals surface area (Å²) in [4.78, 5) is 5.69. The highest BCUT2D eigenvalue weighted by Gasteiger charge is 2.68. The summed E-state index contributed by atoms with van der Waals surface area (Å²) < 4.78 is 0. The molecule has 0 amide bonds. The van der Waals surface area contributed by atoms with Gasteiger partial charge in [-0.2, -0.15) is 0 Å². The van der Waals surface area contributed by atoms with Gasteiger partial charge in [0.05, 0.1) is 0 Å². The molecule has 1 aliphatic carbocycles. The lowest BCUT2D eigenvalue weighted by Crippen LogP contribution is -2.65. The Morgan fingerprint density at radius 2 is 0.900 bits per heavy atom. The molecule has 0 aromatic heterocycles. The van der Waals surface area contributed by atoms with Crippen LogP contribution >= 0.6 is 0 Å². The number of nitrogens with zero attached hydrogens (tertiary/aromatic N) is 2. The van der Waals surface area contributed by atoms with Gasteiger partial charge in [0.1, 0.15) is 0 Å². The average Bonchev–Trinajstić information content (AvgIpc) is 2.68. The van der Waals surface area contributed by atoms with Gasteiger partial charge >= 0.3 is 0 Å². The Bertz CT molecular complexity index is 342. The summed E-state index contributed by atoms with van der Waals surface area (Å²) in [6, 6.07) is 4.52. The van der Waals surface area contributed by atoms with Gasteiger partial charge in [0.25, 0.3) is 0 Å². The zero-order valence-corrected chi connectivity index (χ0v) is 14.7. The van der Waals surface area contributed by atoms with Crippen LogP contribution in [0.3, 0.4) is 0 Å². The lowest BCUT2D eigenvalue weighted by atomic mass is 9.59. The van der Waals surface area contributed by atoms with Crippen LogP contribution in [0.5, 0.6) is 0 Å². The fourth-order valence-electron chi connectivity index (χ4n) is 6.20. The SMILES string of the molecule is CC(C)N1[C@@H]2[C@H]([C@@H](C)[C@H]1C)[C@@H]1[C@H](C)[C@H](C)N(C(C)C)[C@@H]12. The highest BCUT2D eigenvalue weighted by Crippen LogP contribution is 2.60. The van der Waals surface area contributed by atoms with Crippen molar-refractivity contribution in [1.82, 2.24) is 9.80 Å². The summed E-state index contributed by atoms with van der Waals surface area (Å²) in [5.41, 5.74) is 0.